The molecule has 5 nitrogen and oxygen atoms in total. The van der Waals surface area contributed by atoms with Crippen LogP contribution in [-0.2, 0) is 15.0 Å². The second-order valence-corrected chi connectivity index (χ2v) is 18.3. The number of para-hydroxylation sites is 1. The van der Waals surface area contributed by atoms with E-state index in [9.17, 15) is 13.6 Å². The highest BCUT2D eigenvalue weighted by Crippen LogP contribution is 2.37. The molecule has 0 atom stereocenters. The molecule has 33 heavy (non-hydrogen) atoms. The Morgan fingerprint density at radius 3 is 2.27 bits per heavy atom. The third-order valence-corrected chi connectivity index (χ3v) is 10.7. The summed E-state index contributed by atoms with van der Waals surface area (Å²) in [6, 6.07) is 12.6. The van der Waals surface area contributed by atoms with E-state index in [4.69, 9.17) is 18.7 Å². The summed E-state index contributed by atoms with van der Waals surface area (Å²) in [5, 5.41) is 8.67. The molecule has 0 bridgehead atoms. The van der Waals surface area contributed by atoms with Crippen LogP contribution < -0.4 is 9.47 Å². The maximum absolute atomic E-state index is 14.9. The Balaban J connectivity index is 2.02. The van der Waals surface area contributed by atoms with Gasteiger partial charge in [0.05, 0.1) is 6.61 Å². The zero-order valence-electron chi connectivity index (χ0n) is 19.7. The molecule has 0 unspecified atom stereocenters. The van der Waals surface area contributed by atoms with E-state index in [1.807, 2.05) is 0 Å². The molecule has 1 N–H and O–H groups in total. The van der Waals surface area contributed by atoms with Gasteiger partial charge in [-0.15, -0.1) is 0 Å². The Labute approximate surface area is 196 Å². The van der Waals surface area contributed by atoms with Crippen molar-refractivity contribution in [1.29, 1.82) is 0 Å². The van der Waals surface area contributed by atoms with Gasteiger partial charge in [0.2, 0.25) is 0 Å². The molecule has 9 heteroatoms. The number of hydrogen-bond donors (Lipinski definition) is 1. The molecule has 2 aromatic rings. The monoisotopic (exact) mass is 494 g/mol. The molecule has 0 heterocycles. The summed E-state index contributed by atoms with van der Waals surface area (Å²) < 4.78 is 46.9. The van der Waals surface area contributed by atoms with Crippen LogP contribution in [-0.4, -0.2) is 34.3 Å². The average molecular weight is 495 g/mol. The van der Waals surface area contributed by atoms with Crippen molar-refractivity contribution < 1.29 is 32.3 Å². The molecule has 0 spiro atoms. The summed E-state index contributed by atoms with van der Waals surface area (Å²) in [4.78, 5) is 10.6. The minimum absolute atomic E-state index is 0.0430. The minimum Gasteiger partial charge on any atom is -0.493 e. The summed E-state index contributed by atoms with van der Waals surface area (Å²) in [5.74, 6) is -1.06. The normalized spacial score (nSPS) is 12.7. The van der Waals surface area contributed by atoms with E-state index in [-0.39, 0.29) is 17.1 Å². The van der Waals surface area contributed by atoms with Gasteiger partial charge in [-0.1, -0.05) is 24.3 Å². The molecule has 2 rings (SSSR count). The van der Waals surface area contributed by atoms with Crippen LogP contribution in [0.1, 0.15) is 17.5 Å². The van der Waals surface area contributed by atoms with Crippen molar-refractivity contribution in [1.82, 2.24) is 0 Å². The first kappa shape index (κ1) is 26.8. The summed E-state index contributed by atoms with van der Waals surface area (Å²) in [6.07, 6.45) is -0.551. The number of ether oxygens (including phenoxy) is 2. The van der Waals surface area contributed by atoms with Crippen molar-refractivity contribution >= 4 is 28.7 Å². The highest BCUT2D eigenvalue weighted by atomic mass is 28.4. The molecule has 0 saturated heterocycles. The minimum atomic E-state index is -3.61. The standard InChI is InChI=1S/C24H32F2O5Si2/c1-32(2,3)31-33(4,5)18-8-17-29-22-10-7-6-9-21(22)24(25,26)30-20-14-11-19(12-15-20)13-16-23(27)28/h6-7,9-16H,8,17-18H2,1-5H3,(H,27,28)/b16-13+. The number of rotatable bonds is 12. The van der Waals surface area contributed by atoms with Crippen LogP contribution in [0.5, 0.6) is 11.5 Å². The molecule has 0 radical (unpaired) electrons. The van der Waals surface area contributed by atoms with Crippen LogP contribution in [0.15, 0.2) is 54.6 Å². The van der Waals surface area contributed by atoms with Gasteiger partial charge >= 0.3 is 12.1 Å². The van der Waals surface area contributed by atoms with Crippen molar-refractivity contribution in [2.75, 3.05) is 6.61 Å². The van der Waals surface area contributed by atoms with E-state index >= 15 is 0 Å². The molecule has 0 saturated carbocycles. The van der Waals surface area contributed by atoms with Crippen LogP contribution >= 0.6 is 0 Å². The smallest absolute Gasteiger partial charge is 0.430 e. The second kappa shape index (κ2) is 11.1. The molecular formula is C24H32F2O5Si2. The van der Waals surface area contributed by atoms with Gasteiger partial charge in [0.15, 0.2) is 16.6 Å². The summed E-state index contributed by atoms with van der Waals surface area (Å²) in [6.45, 7) is 11.1. The van der Waals surface area contributed by atoms with Gasteiger partial charge in [-0.2, -0.15) is 8.78 Å². The highest BCUT2D eigenvalue weighted by Gasteiger charge is 2.38. The third-order valence-electron chi connectivity index (χ3n) is 4.51. The summed E-state index contributed by atoms with van der Waals surface area (Å²) in [7, 11) is -3.45. The lowest BCUT2D eigenvalue weighted by molar-refractivity contribution is -0.186. The van der Waals surface area contributed by atoms with Crippen molar-refractivity contribution in [3.05, 3.63) is 65.7 Å². The Hall–Kier alpha value is -2.50. The van der Waals surface area contributed by atoms with Crippen LogP contribution in [0.2, 0.25) is 38.8 Å². The van der Waals surface area contributed by atoms with Crippen molar-refractivity contribution in [3.63, 3.8) is 0 Å². The van der Waals surface area contributed by atoms with Crippen LogP contribution in [0.4, 0.5) is 8.78 Å². The number of alkyl halides is 2. The number of benzene rings is 2. The van der Waals surface area contributed by atoms with Crippen molar-refractivity contribution in [3.8, 4) is 11.5 Å². The van der Waals surface area contributed by atoms with E-state index in [1.54, 1.807) is 6.07 Å². The number of carboxylic acids is 1. The van der Waals surface area contributed by atoms with Crippen molar-refractivity contribution in [2.45, 2.75) is 51.3 Å². The van der Waals surface area contributed by atoms with Gasteiger partial charge in [-0.25, -0.2) is 4.79 Å². The fourth-order valence-corrected chi connectivity index (χ4v) is 11.4. The van der Waals surface area contributed by atoms with Crippen molar-refractivity contribution in [2.24, 2.45) is 0 Å². The Morgan fingerprint density at radius 2 is 1.67 bits per heavy atom. The first-order valence-electron chi connectivity index (χ1n) is 10.8. The number of hydrogen-bond acceptors (Lipinski definition) is 4. The maximum atomic E-state index is 14.9. The van der Waals surface area contributed by atoms with E-state index in [2.05, 4.69) is 32.7 Å². The van der Waals surface area contributed by atoms with Gasteiger partial charge < -0.3 is 18.7 Å². The Kier molecular flexibility index (Phi) is 8.99. The van der Waals surface area contributed by atoms with Gasteiger partial charge in [-0.05, 0) is 81.1 Å². The molecule has 2 aromatic carbocycles. The van der Waals surface area contributed by atoms with Crippen LogP contribution in [0.25, 0.3) is 6.08 Å². The Morgan fingerprint density at radius 1 is 1.03 bits per heavy atom. The first-order chi connectivity index (χ1) is 15.3. The number of aliphatic carboxylic acids is 1. The molecule has 0 amide bonds. The van der Waals surface area contributed by atoms with Gasteiger partial charge in [-0.3, -0.25) is 0 Å². The maximum Gasteiger partial charge on any atom is 0.430 e. The van der Waals surface area contributed by atoms with E-state index in [0.29, 0.717) is 12.2 Å². The van der Waals surface area contributed by atoms with E-state index in [0.717, 1.165) is 18.5 Å². The van der Waals surface area contributed by atoms with Gasteiger partial charge in [0.25, 0.3) is 0 Å². The quantitative estimate of drug-likeness (QED) is 0.201. The average Bonchev–Trinajstić information content (AvgIpc) is 2.69. The molecule has 0 aromatic heterocycles. The summed E-state index contributed by atoms with van der Waals surface area (Å²) >= 11 is 0. The SMILES string of the molecule is C[Si](C)(C)O[Si](C)(C)CCCOc1ccccc1C(F)(F)Oc1ccc(/C=C/C(=O)O)cc1. The number of carbonyl (C=O) groups is 1. The van der Waals surface area contributed by atoms with Gasteiger partial charge in [0, 0.05) is 6.08 Å². The lowest BCUT2D eigenvalue weighted by Crippen LogP contribution is -2.42. The fourth-order valence-electron chi connectivity index (χ4n) is 3.41. The van der Waals surface area contributed by atoms with Gasteiger partial charge in [0.1, 0.15) is 17.1 Å². The highest BCUT2D eigenvalue weighted by molar-refractivity contribution is 6.84. The Bertz CT molecular complexity index is 954. The predicted molar refractivity (Wildman–Crippen MR) is 131 cm³/mol. The first-order valence-corrected chi connectivity index (χ1v) is 17.3. The predicted octanol–water partition coefficient (Wildman–Crippen LogP) is 6.74. The van der Waals surface area contributed by atoms with Crippen LogP contribution in [0.3, 0.4) is 0 Å². The van der Waals surface area contributed by atoms with E-state index < -0.39 is 28.7 Å². The van der Waals surface area contributed by atoms with Crippen LogP contribution in [0, 0.1) is 0 Å². The molecule has 0 aliphatic rings. The zero-order chi connectivity index (χ0) is 24.7. The number of carboxylic acid groups (broad SMARTS) is 1. The lowest BCUT2D eigenvalue weighted by atomic mass is 10.1. The third kappa shape index (κ3) is 9.49. The summed E-state index contributed by atoms with van der Waals surface area (Å²) in [5.41, 5.74) is 0.205. The fraction of sp³-hybridized carbons (Fsp3) is 0.375. The topological polar surface area (TPSA) is 65.0 Å². The molecule has 180 valence electrons. The zero-order valence-corrected chi connectivity index (χ0v) is 21.7. The molecular weight excluding hydrogens is 462 g/mol. The second-order valence-electron chi connectivity index (χ2n) is 9.28. The lowest BCUT2D eigenvalue weighted by Gasteiger charge is -2.31. The number of halogens is 2. The molecule has 0 aliphatic heterocycles. The molecule has 0 fully saturated rings. The molecule has 0 aliphatic carbocycles. The van der Waals surface area contributed by atoms with E-state index in [1.165, 1.54) is 48.5 Å². The largest absolute Gasteiger partial charge is 0.493 e.